The summed E-state index contributed by atoms with van der Waals surface area (Å²) >= 11 is 0. The number of carbonyl (C=O) groups is 1. The third-order valence-electron chi connectivity index (χ3n) is 5.16. The van der Waals surface area contributed by atoms with Gasteiger partial charge in [0.25, 0.3) is 0 Å². The first-order valence-corrected chi connectivity index (χ1v) is 10.3. The first-order chi connectivity index (χ1) is 14.5. The van der Waals surface area contributed by atoms with Crippen molar-refractivity contribution < 1.29 is 9.18 Å². The predicted molar refractivity (Wildman–Crippen MR) is 134 cm³/mol. The summed E-state index contributed by atoms with van der Waals surface area (Å²) in [6.45, 7) is 3.80. The van der Waals surface area contributed by atoms with E-state index in [1.165, 1.54) is 12.1 Å². The Bertz CT molecular complexity index is 857. The summed E-state index contributed by atoms with van der Waals surface area (Å²) in [7, 11) is 3.79. The zero-order chi connectivity index (χ0) is 21.3. The Balaban J connectivity index is 0.00000341. The molecule has 2 aromatic rings. The molecule has 1 aliphatic rings. The van der Waals surface area contributed by atoms with Crippen LogP contribution in [0.5, 0.6) is 0 Å². The second kappa shape index (κ2) is 12.6. The number of guanidine groups is 1. The van der Waals surface area contributed by atoms with Gasteiger partial charge in [-0.2, -0.15) is 0 Å². The summed E-state index contributed by atoms with van der Waals surface area (Å²) in [5.41, 5.74) is 3.18. The summed E-state index contributed by atoms with van der Waals surface area (Å²) in [6.07, 6.45) is 1.58. The fourth-order valence-electron chi connectivity index (χ4n) is 3.47. The van der Waals surface area contributed by atoms with Gasteiger partial charge in [0, 0.05) is 51.9 Å². The third-order valence-corrected chi connectivity index (χ3v) is 5.16. The Kier molecular flexibility index (Phi) is 10.2. The Morgan fingerprint density at radius 1 is 1.10 bits per heavy atom. The summed E-state index contributed by atoms with van der Waals surface area (Å²) in [5.74, 6) is 0.732. The standard InChI is InChI=1S/C23H30FN5O.HI/c1-25-23(26-13-15-28(2)17-19-5-9-20(24)10-6-19)27-16-18-7-11-21(12-8-18)29-14-3-4-22(29)30;/h5-12H,3-4,13-17H2,1-2H3,(H2,25,26,27);1H. The van der Waals surface area contributed by atoms with Crippen LogP contribution < -0.4 is 15.5 Å². The second-order valence-corrected chi connectivity index (χ2v) is 7.53. The maximum atomic E-state index is 13.0. The smallest absolute Gasteiger partial charge is 0.227 e. The molecule has 1 aliphatic heterocycles. The van der Waals surface area contributed by atoms with Gasteiger partial charge in [0.1, 0.15) is 5.82 Å². The summed E-state index contributed by atoms with van der Waals surface area (Å²) < 4.78 is 13.0. The maximum absolute atomic E-state index is 13.0. The van der Waals surface area contributed by atoms with Gasteiger partial charge in [0.15, 0.2) is 5.96 Å². The highest BCUT2D eigenvalue weighted by atomic mass is 127. The van der Waals surface area contributed by atoms with Crippen LogP contribution in [0, 0.1) is 5.82 Å². The lowest BCUT2D eigenvalue weighted by atomic mass is 10.2. The average Bonchev–Trinajstić information content (AvgIpc) is 3.18. The van der Waals surface area contributed by atoms with Gasteiger partial charge >= 0.3 is 0 Å². The molecule has 1 saturated heterocycles. The van der Waals surface area contributed by atoms with Gasteiger partial charge in [0.05, 0.1) is 0 Å². The molecule has 3 rings (SSSR count). The maximum Gasteiger partial charge on any atom is 0.227 e. The summed E-state index contributed by atoms with van der Waals surface area (Å²) in [6, 6.07) is 14.7. The van der Waals surface area contributed by atoms with Crippen molar-refractivity contribution in [2.75, 3.05) is 38.6 Å². The van der Waals surface area contributed by atoms with E-state index in [-0.39, 0.29) is 35.7 Å². The first-order valence-electron chi connectivity index (χ1n) is 10.3. The van der Waals surface area contributed by atoms with Gasteiger partial charge in [-0.25, -0.2) is 4.39 Å². The van der Waals surface area contributed by atoms with Crippen LogP contribution >= 0.6 is 24.0 Å². The molecule has 168 valence electrons. The van der Waals surface area contributed by atoms with Crippen molar-refractivity contribution in [3.63, 3.8) is 0 Å². The number of anilines is 1. The average molecular weight is 539 g/mol. The Labute approximate surface area is 200 Å². The lowest BCUT2D eigenvalue weighted by Crippen LogP contribution is -2.40. The molecule has 0 spiro atoms. The molecule has 1 heterocycles. The second-order valence-electron chi connectivity index (χ2n) is 7.53. The van der Waals surface area contributed by atoms with Crippen molar-refractivity contribution in [2.24, 2.45) is 4.99 Å². The van der Waals surface area contributed by atoms with Gasteiger partial charge < -0.3 is 20.4 Å². The van der Waals surface area contributed by atoms with E-state index in [2.05, 4.69) is 20.5 Å². The van der Waals surface area contributed by atoms with Gasteiger partial charge in [0.2, 0.25) is 5.91 Å². The Morgan fingerprint density at radius 2 is 1.77 bits per heavy atom. The third kappa shape index (κ3) is 7.77. The molecule has 0 saturated carbocycles. The van der Waals surface area contributed by atoms with Crippen LogP contribution in [0.4, 0.5) is 10.1 Å². The number of amides is 1. The Morgan fingerprint density at radius 3 is 2.39 bits per heavy atom. The van der Waals surface area contributed by atoms with E-state index in [0.29, 0.717) is 13.0 Å². The topological polar surface area (TPSA) is 60.0 Å². The van der Waals surface area contributed by atoms with Crippen molar-refractivity contribution in [1.82, 2.24) is 15.5 Å². The molecule has 8 heteroatoms. The van der Waals surface area contributed by atoms with E-state index in [1.54, 1.807) is 7.05 Å². The number of nitrogens with one attached hydrogen (secondary N) is 2. The van der Waals surface area contributed by atoms with Crippen molar-refractivity contribution in [2.45, 2.75) is 25.9 Å². The van der Waals surface area contributed by atoms with E-state index in [0.717, 1.165) is 55.4 Å². The quantitative estimate of drug-likeness (QED) is 0.307. The van der Waals surface area contributed by atoms with Crippen LogP contribution in [-0.2, 0) is 17.9 Å². The number of hydrogen-bond acceptors (Lipinski definition) is 3. The lowest BCUT2D eigenvalue weighted by molar-refractivity contribution is -0.117. The molecule has 2 aromatic carbocycles. The summed E-state index contributed by atoms with van der Waals surface area (Å²) in [5, 5.41) is 6.62. The van der Waals surface area contributed by atoms with Crippen molar-refractivity contribution in [3.8, 4) is 0 Å². The first kappa shape index (κ1) is 25.1. The molecule has 6 nitrogen and oxygen atoms in total. The highest BCUT2D eigenvalue weighted by Gasteiger charge is 2.21. The number of rotatable bonds is 8. The minimum absolute atomic E-state index is 0. The molecular formula is C23H31FIN5O. The van der Waals surface area contributed by atoms with E-state index >= 15 is 0 Å². The molecule has 0 atom stereocenters. The molecule has 1 fully saturated rings. The van der Waals surface area contributed by atoms with E-state index in [1.807, 2.05) is 48.3 Å². The number of benzene rings is 2. The fraction of sp³-hybridized carbons (Fsp3) is 0.391. The van der Waals surface area contributed by atoms with Gasteiger partial charge in [-0.15, -0.1) is 24.0 Å². The lowest BCUT2D eigenvalue weighted by Gasteiger charge is -2.19. The highest BCUT2D eigenvalue weighted by molar-refractivity contribution is 14.0. The monoisotopic (exact) mass is 539 g/mol. The zero-order valence-corrected chi connectivity index (χ0v) is 20.4. The molecule has 0 aromatic heterocycles. The van der Waals surface area contributed by atoms with E-state index in [4.69, 9.17) is 0 Å². The molecule has 2 N–H and O–H groups in total. The van der Waals surface area contributed by atoms with Crippen LogP contribution in [0.15, 0.2) is 53.5 Å². The number of halogens is 2. The Hall–Kier alpha value is -2.20. The number of hydrogen-bond donors (Lipinski definition) is 2. The van der Waals surface area contributed by atoms with Gasteiger partial charge in [-0.3, -0.25) is 9.79 Å². The van der Waals surface area contributed by atoms with Crippen molar-refractivity contribution >= 4 is 41.5 Å². The number of nitrogens with zero attached hydrogens (tertiary/aromatic N) is 3. The normalized spacial score (nSPS) is 14.0. The highest BCUT2D eigenvalue weighted by Crippen LogP contribution is 2.21. The van der Waals surface area contributed by atoms with Crippen LogP contribution in [0.25, 0.3) is 0 Å². The molecule has 1 amide bonds. The molecule has 0 bridgehead atoms. The van der Waals surface area contributed by atoms with Crippen molar-refractivity contribution in [1.29, 1.82) is 0 Å². The van der Waals surface area contributed by atoms with Crippen LogP contribution in [-0.4, -0.2) is 50.5 Å². The number of likely N-dealkylation sites (N-methyl/N-ethyl adjacent to an activating group) is 1. The molecular weight excluding hydrogens is 508 g/mol. The largest absolute Gasteiger partial charge is 0.355 e. The summed E-state index contributed by atoms with van der Waals surface area (Å²) in [4.78, 5) is 20.1. The molecule has 0 aliphatic carbocycles. The van der Waals surface area contributed by atoms with E-state index < -0.39 is 0 Å². The number of aliphatic imine (C=N–C) groups is 1. The minimum Gasteiger partial charge on any atom is -0.355 e. The fourth-order valence-corrected chi connectivity index (χ4v) is 3.47. The number of carbonyl (C=O) groups excluding carboxylic acids is 1. The van der Waals surface area contributed by atoms with Crippen LogP contribution in [0.2, 0.25) is 0 Å². The van der Waals surface area contributed by atoms with Crippen molar-refractivity contribution in [3.05, 3.63) is 65.5 Å². The minimum atomic E-state index is -0.211. The SMILES string of the molecule is CN=C(NCCN(C)Cc1ccc(F)cc1)NCc1ccc(N2CCCC2=O)cc1.I. The molecule has 0 radical (unpaired) electrons. The van der Waals surface area contributed by atoms with Gasteiger partial charge in [-0.1, -0.05) is 24.3 Å². The molecule has 0 unspecified atom stereocenters. The predicted octanol–water partition coefficient (Wildman–Crippen LogP) is 3.37. The molecule has 31 heavy (non-hydrogen) atoms. The zero-order valence-electron chi connectivity index (χ0n) is 18.1. The van der Waals surface area contributed by atoms with Crippen LogP contribution in [0.3, 0.4) is 0 Å². The van der Waals surface area contributed by atoms with E-state index in [9.17, 15) is 9.18 Å². The van der Waals surface area contributed by atoms with Crippen LogP contribution in [0.1, 0.15) is 24.0 Å². The van der Waals surface area contributed by atoms with Gasteiger partial charge in [-0.05, 0) is 48.9 Å².